The average molecular weight is 533 g/mol. The van der Waals surface area contributed by atoms with Crippen molar-refractivity contribution in [3.05, 3.63) is 29.8 Å². The van der Waals surface area contributed by atoms with Crippen LogP contribution >= 0.6 is 0 Å². The van der Waals surface area contributed by atoms with Crippen molar-refractivity contribution >= 4 is 35.4 Å². The number of nitrogens with zero attached hydrogens (tertiary/aromatic N) is 2. The lowest BCUT2D eigenvalue weighted by Gasteiger charge is -2.37. The highest BCUT2D eigenvalue weighted by molar-refractivity contribution is 6.05. The van der Waals surface area contributed by atoms with Gasteiger partial charge in [-0.2, -0.15) is 0 Å². The van der Waals surface area contributed by atoms with Crippen LogP contribution < -0.4 is 21.7 Å². The van der Waals surface area contributed by atoms with Gasteiger partial charge in [0.25, 0.3) is 5.91 Å². The number of carbonyl (C=O) groups is 5. The standard InChI is InChI=1S/C25H36N6O7/c1-30-12-14-31(15-13-30)21(34)19(32)16-5-7-17(8-6-16)28-20(33)18(4-2-11-27-24(26)38)29-22(35)25(23(36)37)9-3-10-25/h5-8,18-19,32H,2-4,9-15H2,1H3,(H,28,33)(H,29,35)(H,36,37)(H3,26,27,38)/t18-,19?/m0/s1. The quantitative estimate of drug-likeness (QED) is 0.164. The Balaban J connectivity index is 1.63. The molecule has 1 aliphatic carbocycles. The minimum atomic E-state index is -1.54. The molecule has 2 aliphatic rings. The Morgan fingerprint density at radius 2 is 1.68 bits per heavy atom. The zero-order valence-corrected chi connectivity index (χ0v) is 21.4. The molecule has 0 spiro atoms. The SMILES string of the molecule is CN1CCN(C(=O)C(O)c2ccc(NC(=O)[C@H](CCCNC(N)=O)NC(=O)C3(C(=O)O)CCC3)cc2)CC1. The van der Waals surface area contributed by atoms with Crippen LogP contribution in [-0.4, -0.2) is 95.5 Å². The zero-order valence-electron chi connectivity index (χ0n) is 21.4. The Kier molecular flexibility index (Phi) is 9.64. The second kappa shape index (κ2) is 12.7. The molecule has 7 N–H and O–H groups in total. The fraction of sp³-hybridized carbons (Fsp3) is 0.560. The van der Waals surface area contributed by atoms with Gasteiger partial charge in [-0.25, -0.2) is 4.79 Å². The summed E-state index contributed by atoms with van der Waals surface area (Å²) in [6.07, 6.45) is 0.104. The lowest BCUT2D eigenvalue weighted by atomic mass is 9.68. The smallest absolute Gasteiger partial charge is 0.319 e. The number of piperazine rings is 1. The van der Waals surface area contributed by atoms with Crippen LogP contribution in [0.1, 0.15) is 43.8 Å². The molecule has 1 unspecified atom stereocenters. The Labute approximate surface area is 220 Å². The van der Waals surface area contributed by atoms with Crippen molar-refractivity contribution in [3.8, 4) is 0 Å². The minimum absolute atomic E-state index is 0.129. The molecule has 1 aliphatic heterocycles. The van der Waals surface area contributed by atoms with Gasteiger partial charge in [0.2, 0.25) is 11.8 Å². The first-order chi connectivity index (χ1) is 18.0. The Morgan fingerprint density at radius 1 is 1.05 bits per heavy atom. The van der Waals surface area contributed by atoms with Crippen molar-refractivity contribution in [3.63, 3.8) is 0 Å². The molecule has 2 fully saturated rings. The fourth-order valence-corrected chi connectivity index (χ4v) is 4.47. The number of carbonyl (C=O) groups excluding carboxylic acids is 4. The molecule has 2 atom stereocenters. The summed E-state index contributed by atoms with van der Waals surface area (Å²) in [6.45, 7) is 2.70. The molecule has 13 nitrogen and oxygen atoms in total. The van der Waals surface area contributed by atoms with Gasteiger partial charge in [0, 0.05) is 38.4 Å². The number of likely N-dealkylation sites (N-methyl/N-ethyl adjacent to an activating group) is 1. The maximum atomic E-state index is 13.0. The summed E-state index contributed by atoms with van der Waals surface area (Å²) in [4.78, 5) is 64.8. The van der Waals surface area contributed by atoms with Crippen LogP contribution in [0.25, 0.3) is 0 Å². The number of benzene rings is 1. The van der Waals surface area contributed by atoms with E-state index in [1.165, 1.54) is 24.3 Å². The van der Waals surface area contributed by atoms with Gasteiger partial charge < -0.3 is 41.7 Å². The number of nitrogens with one attached hydrogen (secondary N) is 3. The van der Waals surface area contributed by atoms with E-state index in [1.807, 2.05) is 7.05 Å². The molecular weight excluding hydrogens is 496 g/mol. The summed E-state index contributed by atoms with van der Waals surface area (Å²) >= 11 is 0. The molecular formula is C25H36N6O7. The van der Waals surface area contributed by atoms with Crippen LogP contribution in [0.2, 0.25) is 0 Å². The highest BCUT2D eigenvalue weighted by atomic mass is 16.4. The lowest BCUT2D eigenvalue weighted by Crippen LogP contribution is -2.55. The Hall–Kier alpha value is -3.71. The van der Waals surface area contributed by atoms with E-state index < -0.39 is 41.4 Å². The van der Waals surface area contributed by atoms with E-state index in [2.05, 4.69) is 20.9 Å². The van der Waals surface area contributed by atoms with E-state index in [4.69, 9.17) is 5.73 Å². The van der Waals surface area contributed by atoms with Gasteiger partial charge in [0.1, 0.15) is 11.5 Å². The van der Waals surface area contributed by atoms with E-state index in [9.17, 15) is 34.2 Å². The number of hydrogen-bond donors (Lipinski definition) is 6. The zero-order chi connectivity index (χ0) is 27.9. The maximum Gasteiger partial charge on any atom is 0.319 e. The third-order valence-electron chi connectivity index (χ3n) is 7.18. The number of aliphatic hydroxyl groups is 1. The van der Waals surface area contributed by atoms with Crippen LogP contribution in [0.3, 0.4) is 0 Å². The van der Waals surface area contributed by atoms with Crippen LogP contribution in [0.5, 0.6) is 0 Å². The van der Waals surface area contributed by atoms with E-state index in [0.29, 0.717) is 37.2 Å². The summed E-state index contributed by atoms with van der Waals surface area (Å²) in [5.74, 6) is -2.90. The second-order valence-corrected chi connectivity index (χ2v) is 9.84. The number of rotatable bonds is 11. The molecule has 5 amide bonds. The predicted octanol–water partition coefficient (Wildman–Crippen LogP) is -0.379. The molecule has 1 aromatic rings. The van der Waals surface area contributed by atoms with Crippen molar-refractivity contribution in [2.75, 3.05) is 45.1 Å². The molecule has 1 saturated heterocycles. The minimum Gasteiger partial charge on any atom is -0.480 e. The van der Waals surface area contributed by atoms with E-state index in [-0.39, 0.29) is 31.7 Å². The molecule has 1 saturated carbocycles. The van der Waals surface area contributed by atoms with Gasteiger partial charge in [0.05, 0.1) is 0 Å². The van der Waals surface area contributed by atoms with Crippen molar-refractivity contribution in [2.45, 2.75) is 44.2 Å². The lowest BCUT2D eigenvalue weighted by molar-refractivity contribution is -0.162. The summed E-state index contributed by atoms with van der Waals surface area (Å²) in [5, 5.41) is 27.8. The molecule has 208 valence electrons. The van der Waals surface area contributed by atoms with Crippen LogP contribution in [-0.2, 0) is 19.2 Å². The van der Waals surface area contributed by atoms with Crippen LogP contribution in [0.4, 0.5) is 10.5 Å². The average Bonchev–Trinajstić information content (AvgIpc) is 2.84. The van der Waals surface area contributed by atoms with Crippen LogP contribution in [0, 0.1) is 5.41 Å². The first kappa shape index (κ1) is 28.9. The molecule has 38 heavy (non-hydrogen) atoms. The number of nitrogens with two attached hydrogens (primary N) is 1. The highest BCUT2D eigenvalue weighted by Crippen LogP contribution is 2.41. The van der Waals surface area contributed by atoms with Crippen molar-refractivity contribution in [1.82, 2.24) is 20.4 Å². The maximum absolute atomic E-state index is 13.0. The third-order valence-corrected chi connectivity index (χ3v) is 7.18. The number of hydrogen-bond acceptors (Lipinski definition) is 7. The van der Waals surface area contributed by atoms with Gasteiger partial charge in [-0.1, -0.05) is 18.6 Å². The predicted molar refractivity (Wildman–Crippen MR) is 137 cm³/mol. The summed E-state index contributed by atoms with van der Waals surface area (Å²) in [5.41, 5.74) is 4.26. The van der Waals surface area contributed by atoms with Gasteiger partial charge in [-0.05, 0) is 50.4 Å². The number of aliphatic hydroxyl groups excluding tert-OH is 1. The van der Waals surface area contributed by atoms with Gasteiger partial charge >= 0.3 is 12.0 Å². The Bertz CT molecular complexity index is 1040. The molecule has 3 rings (SSSR count). The highest BCUT2D eigenvalue weighted by Gasteiger charge is 2.51. The second-order valence-electron chi connectivity index (χ2n) is 9.84. The largest absolute Gasteiger partial charge is 0.480 e. The molecule has 0 aromatic heterocycles. The number of primary amides is 1. The fourth-order valence-electron chi connectivity index (χ4n) is 4.47. The first-order valence-corrected chi connectivity index (χ1v) is 12.7. The number of aliphatic carboxylic acids is 1. The summed E-state index contributed by atoms with van der Waals surface area (Å²) in [6, 6.07) is 4.36. The van der Waals surface area contributed by atoms with E-state index in [0.717, 1.165) is 13.1 Å². The van der Waals surface area contributed by atoms with Crippen LogP contribution in [0.15, 0.2) is 24.3 Å². The van der Waals surface area contributed by atoms with E-state index in [1.54, 1.807) is 4.90 Å². The molecule has 0 radical (unpaired) electrons. The third kappa shape index (κ3) is 6.98. The summed E-state index contributed by atoms with van der Waals surface area (Å²) < 4.78 is 0. The number of anilines is 1. The van der Waals surface area contributed by atoms with Gasteiger partial charge in [-0.3, -0.25) is 19.2 Å². The number of carboxylic acid groups (broad SMARTS) is 1. The Morgan fingerprint density at radius 3 is 2.21 bits per heavy atom. The van der Waals surface area contributed by atoms with Crippen molar-refractivity contribution in [2.24, 2.45) is 11.1 Å². The van der Waals surface area contributed by atoms with E-state index >= 15 is 0 Å². The van der Waals surface area contributed by atoms with Gasteiger partial charge in [-0.15, -0.1) is 0 Å². The first-order valence-electron chi connectivity index (χ1n) is 12.7. The molecule has 1 heterocycles. The van der Waals surface area contributed by atoms with Gasteiger partial charge in [0.15, 0.2) is 6.10 Å². The molecule has 1 aromatic carbocycles. The van der Waals surface area contributed by atoms with Crippen molar-refractivity contribution < 1.29 is 34.2 Å². The monoisotopic (exact) mass is 532 g/mol. The molecule has 0 bridgehead atoms. The number of urea groups is 1. The molecule has 13 heteroatoms. The number of carboxylic acids is 1. The summed E-state index contributed by atoms with van der Waals surface area (Å²) in [7, 11) is 1.97. The topological polar surface area (TPSA) is 194 Å². The normalized spacial score (nSPS) is 18.4. The van der Waals surface area contributed by atoms with Crippen molar-refractivity contribution in [1.29, 1.82) is 0 Å². The number of amides is 5.